The topological polar surface area (TPSA) is 49.8 Å². The van der Waals surface area contributed by atoms with Gasteiger partial charge in [-0.15, -0.1) is 6.54 Å². The van der Waals surface area contributed by atoms with Gasteiger partial charge in [0, 0.05) is 0 Å². The van der Waals surface area contributed by atoms with Crippen molar-refractivity contribution in [3.8, 4) is 0 Å². The van der Waals surface area contributed by atoms with Gasteiger partial charge in [0.25, 0.3) is 0 Å². The van der Waals surface area contributed by atoms with E-state index in [0.717, 1.165) is 0 Å². The molecule has 0 saturated heterocycles. The first-order valence-electron chi connectivity index (χ1n) is 1.50. The molecular formula is C2H7Cl2N2Pt-. The summed E-state index contributed by atoms with van der Waals surface area (Å²) < 4.78 is 0. The molecule has 7 heavy (non-hydrogen) atoms. The summed E-state index contributed by atoms with van der Waals surface area (Å²) in [7, 11) is 9.75. The summed E-state index contributed by atoms with van der Waals surface area (Å²) in [6, 6.07) is 0. The van der Waals surface area contributed by atoms with E-state index in [1.165, 1.54) is 0 Å². The summed E-state index contributed by atoms with van der Waals surface area (Å²) in [4.78, 5) is 0. The quantitative estimate of drug-likeness (QED) is 0.778. The fourth-order valence-electron chi connectivity index (χ4n) is 0. The Kier molecular flexibility index (Phi) is 24.8. The first kappa shape index (κ1) is 11.0. The molecule has 0 aromatic carbocycles. The molecule has 0 rings (SSSR count). The van der Waals surface area contributed by atoms with E-state index in [1.807, 2.05) is 0 Å². The van der Waals surface area contributed by atoms with E-state index in [0.29, 0.717) is 13.1 Å². The Balaban J connectivity index is 0. The molecule has 0 aromatic rings. The second-order valence-electron chi connectivity index (χ2n) is 0.584. The van der Waals surface area contributed by atoms with E-state index in [1.54, 1.807) is 0 Å². The fourth-order valence-corrected chi connectivity index (χ4v) is 0. The molecule has 0 aliphatic carbocycles. The van der Waals surface area contributed by atoms with E-state index < -0.39 is 16.5 Å². The average Bonchev–Trinajstić information content (AvgIpc) is 1.69. The van der Waals surface area contributed by atoms with Crippen LogP contribution >= 0.6 is 18.8 Å². The van der Waals surface area contributed by atoms with Gasteiger partial charge in [-0.2, -0.15) is 0 Å². The van der Waals surface area contributed by atoms with Crippen molar-refractivity contribution in [2.75, 3.05) is 13.1 Å². The van der Waals surface area contributed by atoms with Crippen molar-refractivity contribution in [3.63, 3.8) is 0 Å². The van der Waals surface area contributed by atoms with Crippen molar-refractivity contribution in [1.82, 2.24) is 0 Å². The van der Waals surface area contributed by atoms with Gasteiger partial charge in [-0.05, 0) is 6.54 Å². The van der Waals surface area contributed by atoms with Gasteiger partial charge in [0.2, 0.25) is 0 Å². The zero-order chi connectivity index (χ0) is 6.12. The minimum atomic E-state index is -0.472. The molecule has 5 heteroatoms. The average molecular weight is 325 g/mol. The van der Waals surface area contributed by atoms with Gasteiger partial charge in [0.05, 0.1) is 0 Å². The zero-order valence-corrected chi connectivity index (χ0v) is 7.35. The molecule has 0 unspecified atom stereocenters. The van der Waals surface area contributed by atoms with Crippen LogP contribution in [0.25, 0.3) is 5.73 Å². The maximum atomic E-state index is 6.33. The van der Waals surface area contributed by atoms with Crippen molar-refractivity contribution >= 4 is 18.8 Å². The normalized spacial score (nSPS) is 7.43. The third kappa shape index (κ3) is 40.4. The smallest absolute Gasteiger partial charge is 0.0268 e. The predicted octanol–water partition coefficient (Wildman–Crippen LogP) is 1.37. The molecule has 0 spiro atoms. The number of hydrogen-bond acceptors (Lipinski definition) is 1. The Morgan fingerprint density at radius 2 is 1.71 bits per heavy atom. The predicted molar refractivity (Wildman–Crippen MR) is 29.9 cm³/mol. The van der Waals surface area contributed by atoms with Gasteiger partial charge in [0.1, 0.15) is 0 Å². The third-order valence-corrected chi connectivity index (χ3v) is 0.144. The van der Waals surface area contributed by atoms with Gasteiger partial charge in [-0.3, -0.25) is 0 Å². The van der Waals surface area contributed by atoms with Crippen molar-refractivity contribution in [2.24, 2.45) is 5.73 Å². The summed E-state index contributed by atoms with van der Waals surface area (Å²) in [6.07, 6.45) is 0. The second kappa shape index (κ2) is 15.7. The molecule has 0 aromatic heterocycles. The summed E-state index contributed by atoms with van der Waals surface area (Å²) >= 11 is -0.472. The first-order valence-corrected chi connectivity index (χ1v) is 7.13. The SMILES string of the molecule is [Cl][Pt][Cl].[NH-]CCN. The molecular weight excluding hydrogens is 318 g/mol. The van der Waals surface area contributed by atoms with Crippen molar-refractivity contribution in [2.45, 2.75) is 0 Å². The minimum Gasteiger partial charge on any atom is -0.676 e. The number of halogens is 2. The Morgan fingerprint density at radius 3 is 1.71 bits per heavy atom. The summed E-state index contributed by atoms with van der Waals surface area (Å²) in [5, 5.41) is 0. The van der Waals surface area contributed by atoms with E-state index in [2.05, 4.69) is 0 Å². The van der Waals surface area contributed by atoms with Crippen LogP contribution in [0, 0.1) is 0 Å². The summed E-state index contributed by atoms with van der Waals surface area (Å²) in [6.45, 7) is 0.833. The molecule has 0 atom stereocenters. The summed E-state index contributed by atoms with van der Waals surface area (Å²) in [5.74, 6) is 0. The third-order valence-electron chi connectivity index (χ3n) is 0.144. The maximum Gasteiger partial charge on any atom is -0.0268 e. The van der Waals surface area contributed by atoms with Gasteiger partial charge >= 0.3 is 35.3 Å². The van der Waals surface area contributed by atoms with E-state index in [-0.39, 0.29) is 0 Å². The number of hydrogen-bond donors (Lipinski definition) is 1. The van der Waals surface area contributed by atoms with Crippen molar-refractivity contribution in [1.29, 1.82) is 0 Å². The minimum absolute atomic E-state index is 0.347. The summed E-state index contributed by atoms with van der Waals surface area (Å²) in [5.41, 5.74) is 11.2. The van der Waals surface area contributed by atoms with Crippen LogP contribution in [0.4, 0.5) is 0 Å². The van der Waals surface area contributed by atoms with Gasteiger partial charge in [-0.25, -0.2) is 0 Å². The molecule has 0 heterocycles. The van der Waals surface area contributed by atoms with E-state index in [9.17, 15) is 0 Å². The van der Waals surface area contributed by atoms with E-state index in [4.69, 9.17) is 30.3 Å². The van der Waals surface area contributed by atoms with Crippen LogP contribution in [0.15, 0.2) is 0 Å². The Hall–Kier alpha value is 1.19. The maximum absolute atomic E-state index is 6.33. The fraction of sp³-hybridized carbons (Fsp3) is 1.00. The van der Waals surface area contributed by atoms with Crippen LogP contribution in [-0.4, -0.2) is 13.1 Å². The second-order valence-corrected chi connectivity index (χ2v) is 3.87. The number of nitrogens with two attached hydrogens (primary N) is 1. The standard InChI is InChI=1S/C2H7N2.2ClH.Pt/c3-1-2-4;;;/h3H,1-2,4H2;2*1H;/q-1;;;+2/p-2. The van der Waals surface area contributed by atoms with Crippen molar-refractivity contribution < 1.29 is 16.5 Å². The van der Waals surface area contributed by atoms with Gasteiger partial charge in [0.15, 0.2) is 0 Å². The van der Waals surface area contributed by atoms with E-state index >= 15 is 0 Å². The number of rotatable bonds is 1. The van der Waals surface area contributed by atoms with Gasteiger partial charge < -0.3 is 11.5 Å². The van der Waals surface area contributed by atoms with Crippen LogP contribution in [0.3, 0.4) is 0 Å². The molecule has 0 bridgehead atoms. The largest absolute Gasteiger partial charge is 0.676 e. The molecule has 0 aliphatic heterocycles. The van der Waals surface area contributed by atoms with Crippen LogP contribution in [0.1, 0.15) is 0 Å². The molecule has 0 amide bonds. The molecule has 50 valence electrons. The Bertz CT molecular complexity index is 21.2. The Labute approximate surface area is 59.9 Å². The molecule has 3 N–H and O–H groups in total. The molecule has 0 aliphatic rings. The number of nitrogens with one attached hydrogen (secondary N) is 1. The van der Waals surface area contributed by atoms with Crippen LogP contribution < -0.4 is 5.73 Å². The monoisotopic (exact) mass is 324 g/mol. The molecule has 0 saturated carbocycles. The van der Waals surface area contributed by atoms with Crippen LogP contribution in [0.2, 0.25) is 0 Å². The van der Waals surface area contributed by atoms with Crippen LogP contribution in [-0.2, 0) is 16.5 Å². The molecule has 0 radical (unpaired) electrons. The first-order chi connectivity index (χ1) is 3.33. The Morgan fingerprint density at radius 1 is 1.57 bits per heavy atom. The molecule has 2 nitrogen and oxygen atoms in total. The van der Waals surface area contributed by atoms with Crippen molar-refractivity contribution in [3.05, 3.63) is 5.73 Å². The van der Waals surface area contributed by atoms with Gasteiger partial charge in [-0.1, -0.05) is 0 Å². The van der Waals surface area contributed by atoms with Crippen LogP contribution in [0.5, 0.6) is 0 Å². The zero-order valence-electron chi connectivity index (χ0n) is 3.56. The molecule has 0 fully saturated rings.